The Bertz CT molecular complexity index is 953. The van der Waals surface area contributed by atoms with E-state index in [0.29, 0.717) is 5.82 Å². The summed E-state index contributed by atoms with van der Waals surface area (Å²) in [5, 5.41) is 19.7. The van der Waals surface area contributed by atoms with Crippen molar-refractivity contribution in [2.45, 2.75) is 30.2 Å². The molecule has 0 aliphatic carbocycles. The van der Waals surface area contributed by atoms with Gasteiger partial charge in [-0.25, -0.2) is 4.68 Å². The zero-order valence-electron chi connectivity index (χ0n) is 16.0. The standard InChI is InChI=1S/C19H22N6O2S2/c1-13-10-16(25(24-13)14-6-3-2-4-7-14)21-17(26)12-28-19-23-22-18(29-19)20-11-15-8-5-9-27-15/h2-4,6-7,10,15H,5,8-9,11-12H2,1H3,(H,20,22)(H,21,26)/t15-/m1/s1. The predicted octanol–water partition coefficient (Wildman–Crippen LogP) is 3.35. The number of anilines is 2. The number of para-hydroxylation sites is 1. The molecule has 2 N–H and O–H groups in total. The van der Waals surface area contributed by atoms with Crippen molar-refractivity contribution in [3.63, 3.8) is 0 Å². The first-order valence-electron chi connectivity index (χ1n) is 9.41. The summed E-state index contributed by atoms with van der Waals surface area (Å²) >= 11 is 2.81. The molecule has 1 aromatic carbocycles. The van der Waals surface area contributed by atoms with Crippen LogP contribution in [0.3, 0.4) is 0 Å². The zero-order chi connectivity index (χ0) is 20.1. The lowest BCUT2D eigenvalue weighted by molar-refractivity contribution is -0.113. The minimum atomic E-state index is -0.115. The Kier molecular flexibility index (Phi) is 6.43. The van der Waals surface area contributed by atoms with Crippen LogP contribution in [0.4, 0.5) is 10.9 Å². The molecule has 1 amide bonds. The molecule has 3 heterocycles. The molecule has 152 valence electrons. The third kappa shape index (κ3) is 5.34. The van der Waals surface area contributed by atoms with Crippen LogP contribution in [0.5, 0.6) is 0 Å². The number of aromatic nitrogens is 4. The highest BCUT2D eigenvalue weighted by molar-refractivity contribution is 8.01. The molecule has 3 aromatic rings. The number of hydrogen-bond acceptors (Lipinski definition) is 8. The van der Waals surface area contributed by atoms with Crippen LogP contribution in [0.15, 0.2) is 40.7 Å². The second kappa shape index (κ2) is 9.38. The number of ether oxygens (including phenoxy) is 1. The van der Waals surface area contributed by atoms with E-state index in [1.54, 1.807) is 4.68 Å². The van der Waals surface area contributed by atoms with E-state index < -0.39 is 0 Å². The largest absolute Gasteiger partial charge is 0.376 e. The van der Waals surface area contributed by atoms with Gasteiger partial charge in [-0.3, -0.25) is 4.79 Å². The van der Waals surface area contributed by atoms with Crippen LogP contribution in [0, 0.1) is 6.92 Å². The predicted molar refractivity (Wildman–Crippen MR) is 115 cm³/mol. The fourth-order valence-electron chi connectivity index (χ4n) is 3.01. The Morgan fingerprint density at radius 1 is 1.34 bits per heavy atom. The molecule has 0 spiro atoms. The number of nitrogens with one attached hydrogen (secondary N) is 2. The highest BCUT2D eigenvalue weighted by Crippen LogP contribution is 2.26. The molecule has 8 nitrogen and oxygen atoms in total. The minimum absolute atomic E-state index is 0.115. The van der Waals surface area contributed by atoms with E-state index in [0.717, 1.165) is 46.8 Å². The SMILES string of the molecule is Cc1cc(NC(=O)CSc2nnc(NC[C@H]3CCCO3)s2)n(-c2ccccc2)n1. The molecule has 4 rings (SSSR count). The van der Waals surface area contributed by atoms with Crippen LogP contribution < -0.4 is 10.6 Å². The molecule has 0 radical (unpaired) electrons. The van der Waals surface area contributed by atoms with Gasteiger partial charge in [0.1, 0.15) is 5.82 Å². The summed E-state index contributed by atoms with van der Waals surface area (Å²) in [5.41, 5.74) is 1.73. The maximum absolute atomic E-state index is 12.4. The number of benzene rings is 1. The Morgan fingerprint density at radius 2 is 2.21 bits per heavy atom. The zero-order valence-corrected chi connectivity index (χ0v) is 17.6. The van der Waals surface area contributed by atoms with Crippen LogP contribution in [0.2, 0.25) is 0 Å². The first-order chi connectivity index (χ1) is 14.2. The van der Waals surface area contributed by atoms with E-state index in [-0.39, 0.29) is 17.8 Å². The molecule has 1 atom stereocenters. The van der Waals surface area contributed by atoms with Crippen molar-refractivity contribution >= 4 is 40.0 Å². The Hall–Kier alpha value is -2.43. The van der Waals surface area contributed by atoms with Gasteiger partial charge >= 0.3 is 0 Å². The Morgan fingerprint density at radius 3 is 3.00 bits per heavy atom. The lowest BCUT2D eigenvalue weighted by atomic mass is 10.2. The third-order valence-electron chi connectivity index (χ3n) is 4.34. The molecule has 1 aliphatic heterocycles. The number of aryl methyl sites for hydroxylation is 1. The molecular weight excluding hydrogens is 408 g/mol. The van der Waals surface area contributed by atoms with Gasteiger partial charge < -0.3 is 15.4 Å². The van der Waals surface area contributed by atoms with Gasteiger partial charge in [-0.1, -0.05) is 41.3 Å². The second-order valence-corrected chi connectivity index (χ2v) is 8.84. The van der Waals surface area contributed by atoms with E-state index >= 15 is 0 Å². The molecule has 1 aliphatic rings. The lowest BCUT2D eigenvalue weighted by Gasteiger charge is -2.08. The van der Waals surface area contributed by atoms with Crippen molar-refractivity contribution in [2.24, 2.45) is 0 Å². The molecule has 1 saturated heterocycles. The van der Waals surface area contributed by atoms with E-state index in [1.165, 1.54) is 23.1 Å². The molecule has 0 bridgehead atoms. The normalized spacial score (nSPS) is 16.1. The summed E-state index contributed by atoms with van der Waals surface area (Å²) in [6.45, 7) is 3.47. The Balaban J connectivity index is 1.30. The highest BCUT2D eigenvalue weighted by atomic mass is 32.2. The van der Waals surface area contributed by atoms with Gasteiger partial charge in [0.15, 0.2) is 4.34 Å². The van der Waals surface area contributed by atoms with Crippen LogP contribution in [0.1, 0.15) is 18.5 Å². The fraction of sp³-hybridized carbons (Fsp3) is 0.368. The molecule has 1 fully saturated rings. The van der Waals surface area contributed by atoms with E-state index in [1.807, 2.05) is 43.3 Å². The summed E-state index contributed by atoms with van der Waals surface area (Å²) in [5.74, 6) is 0.783. The second-order valence-electron chi connectivity index (χ2n) is 6.64. The minimum Gasteiger partial charge on any atom is -0.376 e. The van der Waals surface area contributed by atoms with Crippen LogP contribution in [0.25, 0.3) is 5.69 Å². The average Bonchev–Trinajstić information content (AvgIpc) is 3.47. The number of amides is 1. The van der Waals surface area contributed by atoms with Crippen molar-refractivity contribution < 1.29 is 9.53 Å². The number of nitrogens with zero attached hydrogens (tertiary/aromatic N) is 4. The monoisotopic (exact) mass is 430 g/mol. The first-order valence-corrected chi connectivity index (χ1v) is 11.2. The summed E-state index contributed by atoms with van der Waals surface area (Å²) < 4.78 is 8.07. The van der Waals surface area contributed by atoms with Crippen LogP contribution in [-0.2, 0) is 9.53 Å². The quantitative estimate of drug-likeness (QED) is 0.529. The van der Waals surface area contributed by atoms with E-state index in [4.69, 9.17) is 4.74 Å². The lowest BCUT2D eigenvalue weighted by Crippen LogP contribution is -2.18. The number of thioether (sulfide) groups is 1. The van der Waals surface area contributed by atoms with Crippen molar-refractivity contribution in [1.29, 1.82) is 0 Å². The molecule has 0 unspecified atom stereocenters. The van der Waals surface area contributed by atoms with Gasteiger partial charge in [-0.2, -0.15) is 5.10 Å². The smallest absolute Gasteiger partial charge is 0.235 e. The van der Waals surface area contributed by atoms with Crippen LogP contribution in [-0.4, -0.2) is 50.9 Å². The summed E-state index contributed by atoms with van der Waals surface area (Å²) in [6.07, 6.45) is 2.44. The van der Waals surface area contributed by atoms with Crippen molar-refractivity contribution in [3.8, 4) is 5.69 Å². The average molecular weight is 431 g/mol. The van der Waals surface area contributed by atoms with Crippen molar-refractivity contribution in [1.82, 2.24) is 20.0 Å². The Labute approximate surface area is 177 Å². The third-order valence-corrected chi connectivity index (χ3v) is 6.35. The summed E-state index contributed by atoms with van der Waals surface area (Å²) in [7, 11) is 0. The van der Waals surface area contributed by atoms with Crippen molar-refractivity contribution in [3.05, 3.63) is 42.1 Å². The number of hydrogen-bond donors (Lipinski definition) is 2. The molecule has 2 aromatic heterocycles. The van der Waals surface area contributed by atoms with E-state index in [9.17, 15) is 4.79 Å². The number of carbonyl (C=O) groups is 1. The van der Waals surface area contributed by atoms with Crippen LogP contribution >= 0.6 is 23.1 Å². The fourth-order valence-corrected chi connectivity index (χ4v) is 4.57. The topological polar surface area (TPSA) is 94.0 Å². The first kappa shape index (κ1) is 19.9. The molecule has 29 heavy (non-hydrogen) atoms. The van der Waals surface area contributed by atoms with Gasteiger partial charge in [-0.15, -0.1) is 10.2 Å². The van der Waals surface area contributed by atoms with Gasteiger partial charge in [0.05, 0.1) is 23.2 Å². The van der Waals surface area contributed by atoms with Gasteiger partial charge in [0.2, 0.25) is 11.0 Å². The molecule has 0 saturated carbocycles. The van der Waals surface area contributed by atoms with Gasteiger partial charge in [0, 0.05) is 19.2 Å². The maximum atomic E-state index is 12.4. The van der Waals surface area contributed by atoms with Gasteiger partial charge in [-0.05, 0) is 31.9 Å². The highest BCUT2D eigenvalue weighted by Gasteiger charge is 2.16. The molecule has 10 heteroatoms. The van der Waals surface area contributed by atoms with Gasteiger partial charge in [0.25, 0.3) is 0 Å². The van der Waals surface area contributed by atoms with E-state index in [2.05, 4.69) is 25.9 Å². The summed E-state index contributed by atoms with van der Waals surface area (Å²) in [6, 6.07) is 11.6. The molecular formula is C19H22N6O2S2. The van der Waals surface area contributed by atoms with Crippen molar-refractivity contribution in [2.75, 3.05) is 29.5 Å². The maximum Gasteiger partial charge on any atom is 0.235 e. The number of carbonyl (C=O) groups excluding carboxylic acids is 1. The number of rotatable bonds is 8. The summed E-state index contributed by atoms with van der Waals surface area (Å²) in [4.78, 5) is 12.4.